The Morgan fingerprint density at radius 1 is 1.40 bits per heavy atom. The lowest BCUT2D eigenvalue weighted by molar-refractivity contribution is -0.120. The molecule has 0 radical (unpaired) electrons. The molecule has 5 nitrogen and oxygen atoms in total. The molecule has 0 aliphatic carbocycles. The van der Waals surface area contributed by atoms with Gasteiger partial charge in [0.05, 0.1) is 0 Å². The van der Waals surface area contributed by atoms with Crippen LogP contribution in [0.15, 0.2) is 4.42 Å². The van der Waals surface area contributed by atoms with Crippen molar-refractivity contribution in [1.82, 2.24) is 10.2 Å². The number of rotatable bonds is 4. The minimum Gasteiger partial charge on any atom is -0.390 e. The van der Waals surface area contributed by atoms with Gasteiger partial charge in [-0.15, -0.1) is 0 Å². The molecular formula is C7H11F3N4O. The molecule has 1 aromatic heterocycles. The summed E-state index contributed by atoms with van der Waals surface area (Å²) < 4.78 is 41.2. The van der Waals surface area contributed by atoms with Crippen LogP contribution in [-0.2, 0) is 0 Å². The van der Waals surface area contributed by atoms with Crippen LogP contribution in [0.3, 0.4) is 0 Å². The standard InChI is InChI=1S/C7H11F3N4O/c1-2-3-14(4-7(8,9)10)6-13-12-5(11)15-6/h2-4H2,1H3,(H2,11,12). The van der Waals surface area contributed by atoms with Gasteiger partial charge in [-0.25, -0.2) is 0 Å². The molecule has 2 N–H and O–H groups in total. The SMILES string of the molecule is CCCN(CC(F)(F)F)c1nnc(N)o1. The van der Waals surface area contributed by atoms with Crippen molar-refractivity contribution < 1.29 is 17.6 Å². The average Bonchev–Trinajstić information content (AvgIpc) is 2.48. The highest BCUT2D eigenvalue weighted by Gasteiger charge is 2.32. The number of nitrogens with two attached hydrogens (primary N) is 1. The molecule has 0 aromatic carbocycles. The van der Waals surface area contributed by atoms with Gasteiger partial charge in [0.15, 0.2) is 0 Å². The lowest BCUT2D eigenvalue weighted by Gasteiger charge is -2.20. The highest BCUT2D eigenvalue weighted by molar-refractivity contribution is 5.27. The number of aromatic nitrogens is 2. The van der Waals surface area contributed by atoms with Gasteiger partial charge in [0.1, 0.15) is 6.54 Å². The van der Waals surface area contributed by atoms with E-state index in [1.54, 1.807) is 6.92 Å². The second kappa shape index (κ2) is 4.37. The molecule has 0 aliphatic heterocycles. The van der Waals surface area contributed by atoms with E-state index in [9.17, 15) is 13.2 Å². The van der Waals surface area contributed by atoms with Gasteiger partial charge in [-0.2, -0.15) is 13.2 Å². The summed E-state index contributed by atoms with van der Waals surface area (Å²) in [5, 5.41) is 6.71. The molecule has 1 aromatic rings. The van der Waals surface area contributed by atoms with Crippen molar-refractivity contribution in [3.05, 3.63) is 0 Å². The molecule has 0 spiro atoms. The van der Waals surface area contributed by atoms with Gasteiger partial charge >= 0.3 is 18.2 Å². The summed E-state index contributed by atoms with van der Waals surface area (Å²) in [6.45, 7) is 0.812. The van der Waals surface area contributed by atoms with E-state index in [1.165, 1.54) is 0 Å². The van der Waals surface area contributed by atoms with E-state index in [1.807, 2.05) is 0 Å². The fraction of sp³-hybridized carbons (Fsp3) is 0.714. The van der Waals surface area contributed by atoms with Crippen molar-refractivity contribution in [3.63, 3.8) is 0 Å². The third-order valence-corrected chi connectivity index (χ3v) is 1.56. The Labute approximate surface area is 84.1 Å². The topological polar surface area (TPSA) is 68.2 Å². The van der Waals surface area contributed by atoms with Gasteiger partial charge in [0, 0.05) is 6.54 Å². The zero-order chi connectivity index (χ0) is 11.5. The number of alkyl halides is 3. The van der Waals surface area contributed by atoms with Crippen LogP contribution in [0.2, 0.25) is 0 Å². The van der Waals surface area contributed by atoms with E-state index in [0.717, 1.165) is 4.90 Å². The molecule has 0 fully saturated rings. The smallest absolute Gasteiger partial charge is 0.390 e. The fourth-order valence-corrected chi connectivity index (χ4v) is 1.08. The third-order valence-electron chi connectivity index (χ3n) is 1.56. The van der Waals surface area contributed by atoms with Crippen molar-refractivity contribution in [1.29, 1.82) is 0 Å². The summed E-state index contributed by atoms with van der Waals surface area (Å²) in [6, 6.07) is -0.444. The summed E-state index contributed by atoms with van der Waals surface area (Å²) in [4.78, 5) is 0.948. The Hall–Kier alpha value is -1.47. The second-order valence-corrected chi connectivity index (χ2v) is 2.96. The van der Waals surface area contributed by atoms with Crippen LogP contribution in [0.25, 0.3) is 0 Å². The predicted octanol–water partition coefficient (Wildman–Crippen LogP) is 1.43. The van der Waals surface area contributed by atoms with Crippen LogP contribution < -0.4 is 10.6 Å². The largest absolute Gasteiger partial charge is 0.406 e. The van der Waals surface area contributed by atoms with Crippen LogP contribution in [-0.4, -0.2) is 29.5 Å². The van der Waals surface area contributed by atoms with Crippen LogP contribution in [0, 0.1) is 0 Å². The fourth-order valence-electron chi connectivity index (χ4n) is 1.08. The van der Waals surface area contributed by atoms with E-state index < -0.39 is 12.7 Å². The molecule has 0 unspecified atom stereocenters. The first-order valence-corrected chi connectivity index (χ1v) is 4.33. The number of anilines is 2. The summed E-state index contributed by atoms with van der Waals surface area (Å²) in [7, 11) is 0. The maximum absolute atomic E-state index is 12.2. The highest BCUT2D eigenvalue weighted by atomic mass is 19.4. The number of halogens is 3. The van der Waals surface area contributed by atoms with Crippen LogP contribution in [0.1, 0.15) is 13.3 Å². The lowest BCUT2D eigenvalue weighted by Crippen LogP contribution is -2.35. The van der Waals surface area contributed by atoms with Crippen molar-refractivity contribution in [3.8, 4) is 0 Å². The molecule has 15 heavy (non-hydrogen) atoms. The molecule has 0 aliphatic rings. The van der Waals surface area contributed by atoms with Gasteiger partial charge in [-0.05, 0) is 6.42 Å². The molecule has 1 heterocycles. The Bertz CT molecular complexity index is 311. The summed E-state index contributed by atoms with van der Waals surface area (Å²) in [5.74, 6) is 0. The normalized spacial score (nSPS) is 11.7. The zero-order valence-electron chi connectivity index (χ0n) is 8.08. The zero-order valence-corrected chi connectivity index (χ0v) is 8.08. The van der Waals surface area contributed by atoms with Gasteiger partial charge in [-0.1, -0.05) is 17.1 Å². The first kappa shape index (κ1) is 11.6. The summed E-state index contributed by atoms with van der Waals surface area (Å²) >= 11 is 0. The Morgan fingerprint density at radius 2 is 2.07 bits per heavy atom. The quantitative estimate of drug-likeness (QED) is 0.837. The highest BCUT2D eigenvalue weighted by Crippen LogP contribution is 2.21. The van der Waals surface area contributed by atoms with E-state index in [2.05, 4.69) is 10.2 Å². The number of hydrogen-bond acceptors (Lipinski definition) is 5. The maximum Gasteiger partial charge on any atom is 0.406 e. The maximum atomic E-state index is 12.2. The monoisotopic (exact) mass is 224 g/mol. The third kappa shape index (κ3) is 3.64. The summed E-state index contributed by atoms with van der Waals surface area (Å²) in [6.07, 6.45) is -3.77. The first-order chi connectivity index (χ1) is 6.92. The number of hydrogen-bond donors (Lipinski definition) is 1. The molecule has 8 heteroatoms. The first-order valence-electron chi connectivity index (χ1n) is 4.33. The predicted molar refractivity (Wildman–Crippen MR) is 47.3 cm³/mol. The summed E-state index contributed by atoms with van der Waals surface area (Å²) in [5.41, 5.74) is 5.13. The van der Waals surface area contributed by atoms with Crippen molar-refractivity contribution in [2.45, 2.75) is 19.5 Å². The lowest BCUT2D eigenvalue weighted by atomic mass is 10.4. The molecule has 0 saturated carbocycles. The Morgan fingerprint density at radius 3 is 2.47 bits per heavy atom. The molecule has 0 amide bonds. The van der Waals surface area contributed by atoms with Crippen molar-refractivity contribution in [2.24, 2.45) is 0 Å². The molecular weight excluding hydrogens is 213 g/mol. The van der Waals surface area contributed by atoms with Crippen LogP contribution in [0.4, 0.5) is 25.2 Å². The minimum absolute atomic E-state index is 0.182. The van der Waals surface area contributed by atoms with Crippen molar-refractivity contribution >= 4 is 12.0 Å². The van der Waals surface area contributed by atoms with Gasteiger partial charge in [-0.3, -0.25) is 0 Å². The van der Waals surface area contributed by atoms with E-state index in [0.29, 0.717) is 6.42 Å². The molecule has 1 rings (SSSR count). The molecule has 0 saturated heterocycles. The molecule has 86 valence electrons. The van der Waals surface area contributed by atoms with Gasteiger partial charge in [0.2, 0.25) is 0 Å². The molecule has 0 bridgehead atoms. The minimum atomic E-state index is -4.31. The van der Waals surface area contributed by atoms with Gasteiger partial charge in [0.25, 0.3) is 0 Å². The van der Waals surface area contributed by atoms with E-state index in [4.69, 9.17) is 10.2 Å². The Balaban J connectivity index is 2.74. The van der Waals surface area contributed by atoms with Gasteiger partial charge < -0.3 is 15.1 Å². The van der Waals surface area contributed by atoms with Crippen molar-refractivity contribution in [2.75, 3.05) is 23.7 Å². The second-order valence-electron chi connectivity index (χ2n) is 2.96. The number of nitrogen functional groups attached to an aromatic ring is 1. The Kier molecular flexibility index (Phi) is 3.38. The van der Waals surface area contributed by atoms with Crippen LogP contribution >= 0.6 is 0 Å². The van der Waals surface area contributed by atoms with E-state index >= 15 is 0 Å². The average molecular weight is 224 g/mol. The number of nitrogens with zero attached hydrogens (tertiary/aromatic N) is 3. The molecule has 0 atom stereocenters. The van der Waals surface area contributed by atoms with E-state index in [-0.39, 0.29) is 18.6 Å². The van der Waals surface area contributed by atoms with Crippen LogP contribution in [0.5, 0.6) is 0 Å².